The summed E-state index contributed by atoms with van der Waals surface area (Å²) in [7, 11) is 0. The Hall–Kier alpha value is -0.960. The van der Waals surface area contributed by atoms with E-state index in [9.17, 15) is 0 Å². The maximum Gasteiger partial charge on any atom is 0.125 e. The summed E-state index contributed by atoms with van der Waals surface area (Å²) in [6.45, 7) is 11.9. The van der Waals surface area contributed by atoms with Gasteiger partial charge >= 0.3 is 0 Å². The molecule has 0 saturated carbocycles. The Morgan fingerprint density at radius 3 is 2.53 bits per heavy atom. The quantitative estimate of drug-likeness (QED) is 0.713. The predicted molar refractivity (Wildman–Crippen MR) is 64.9 cm³/mol. The first-order valence-electron chi connectivity index (χ1n) is 5.88. The van der Waals surface area contributed by atoms with Crippen molar-refractivity contribution in [3.63, 3.8) is 0 Å². The van der Waals surface area contributed by atoms with Crippen LogP contribution in [0.5, 0.6) is 0 Å². The van der Waals surface area contributed by atoms with Crippen LogP contribution in [0.2, 0.25) is 0 Å². The number of aromatic nitrogens is 2. The molecule has 15 heavy (non-hydrogen) atoms. The Kier molecular flexibility index (Phi) is 7.82. The number of hydrogen-bond acceptors (Lipinski definition) is 3. The van der Waals surface area contributed by atoms with Crippen LogP contribution in [0.25, 0.3) is 0 Å². The molecule has 0 spiro atoms. The Bertz CT molecular complexity index is 272. The van der Waals surface area contributed by atoms with E-state index in [1.165, 1.54) is 11.3 Å². The zero-order valence-corrected chi connectivity index (χ0v) is 10.6. The van der Waals surface area contributed by atoms with Gasteiger partial charge in [0.2, 0.25) is 0 Å². The lowest BCUT2D eigenvalue weighted by molar-refractivity contribution is 0.622. The predicted octanol–water partition coefficient (Wildman–Crippen LogP) is 2.48. The van der Waals surface area contributed by atoms with E-state index in [-0.39, 0.29) is 0 Å². The van der Waals surface area contributed by atoms with Crippen LogP contribution in [0.1, 0.15) is 44.8 Å². The first-order chi connectivity index (χ1) is 7.36. The van der Waals surface area contributed by atoms with Gasteiger partial charge in [0.1, 0.15) is 5.82 Å². The monoisotopic (exact) mass is 209 g/mol. The Morgan fingerprint density at radius 2 is 1.87 bits per heavy atom. The fraction of sp³-hybridized carbons (Fsp3) is 0.667. The highest BCUT2D eigenvalue weighted by molar-refractivity contribution is 5.19. The molecule has 1 aliphatic rings. The molecule has 0 aromatic carbocycles. The summed E-state index contributed by atoms with van der Waals surface area (Å²) in [5, 5.41) is 3.28. The van der Waals surface area contributed by atoms with E-state index in [1.807, 2.05) is 40.8 Å². The van der Waals surface area contributed by atoms with Gasteiger partial charge in [0.15, 0.2) is 0 Å². The molecule has 3 heteroatoms. The number of nitrogens with zero attached hydrogens (tertiary/aromatic N) is 2. The van der Waals surface area contributed by atoms with E-state index >= 15 is 0 Å². The highest BCUT2D eigenvalue weighted by Gasteiger charge is 2.09. The summed E-state index contributed by atoms with van der Waals surface area (Å²) >= 11 is 0. The van der Waals surface area contributed by atoms with Gasteiger partial charge in [-0.15, -0.1) is 0 Å². The Labute approximate surface area is 93.3 Å². The second-order valence-corrected chi connectivity index (χ2v) is 2.82. The largest absolute Gasteiger partial charge is 0.312 e. The highest BCUT2D eigenvalue weighted by atomic mass is 14.9. The summed E-state index contributed by atoms with van der Waals surface area (Å²) in [4.78, 5) is 8.50. The summed E-state index contributed by atoms with van der Waals surface area (Å²) in [5.74, 6) is 0.880. The summed E-state index contributed by atoms with van der Waals surface area (Å²) in [6, 6.07) is 0. The lowest BCUT2D eigenvalue weighted by Gasteiger charge is -2.14. The van der Waals surface area contributed by atoms with Crippen LogP contribution in [0.4, 0.5) is 0 Å². The zero-order valence-electron chi connectivity index (χ0n) is 10.6. The van der Waals surface area contributed by atoms with E-state index in [0.717, 1.165) is 25.3 Å². The molecule has 1 N–H and O–H groups in total. The lowest BCUT2D eigenvalue weighted by atomic mass is 10.1. The van der Waals surface area contributed by atoms with Crippen molar-refractivity contribution in [2.45, 2.75) is 47.6 Å². The number of nitrogens with one attached hydrogen (secondary N) is 1. The second-order valence-electron chi connectivity index (χ2n) is 2.82. The van der Waals surface area contributed by atoms with Crippen LogP contribution in [0, 0.1) is 6.92 Å². The van der Waals surface area contributed by atoms with Gasteiger partial charge in [-0.3, -0.25) is 0 Å². The van der Waals surface area contributed by atoms with Crippen LogP contribution in [0.3, 0.4) is 0 Å². The molecule has 0 saturated heterocycles. The zero-order chi connectivity index (χ0) is 11.7. The van der Waals surface area contributed by atoms with Gasteiger partial charge < -0.3 is 5.32 Å². The molecule has 0 aliphatic carbocycles. The average molecular weight is 209 g/mol. The van der Waals surface area contributed by atoms with Crippen molar-refractivity contribution in [1.29, 1.82) is 0 Å². The molecule has 86 valence electrons. The number of rotatable bonds is 0. The fourth-order valence-electron chi connectivity index (χ4n) is 1.34. The van der Waals surface area contributed by atoms with Gasteiger partial charge in [-0.1, -0.05) is 27.7 Å². The third-order valence-electron chi connectivity index (χ3n) is 1.93. The first kappa shape index (κ1) is 14.0. The maximum atomic E-state index is 4.36. The van der Waals surface area contributed by atoms with Gasteiger partial charge in [-0.2, -0.15) is 0 Å². The van der Waals surface area contributed by atoms with Crippen LogP contribution >= 0.6 is 0 Å². The third kappa shape index (κ3) is 4.38. The highest BCUT2D eigenvalue weighted by Crippen LogP contribution is 2.08. The lowest BCUT2D eigenvalue weighted by Crippen LogP contribution is -2.25. The minimum Gasteiger partial charge on any atom is -0.312 e. The molecule has 1 aromatic heterocycles. The molecule has 1 aliphatic heterocycles. The molecule has 0 radical (unpaired) electrons. The second kappa shape index (κ2) is 8.36. The van der Waals surface area contributed by atoms with E-state index in [0.29, 0.717) is 0 Å². The van der Waals surface area contributed by atoms with Crippen molar-refractivity contribution in [3.8, 4) is 0 Å². The normalized spacial score (nSPS) is 12.6. The summed E-state index contributed by atoms with van der Waals surface area (Å²) in [6.07, 6.45) is 2.96. The van der Waals surface area contributed by atoms with Crippen molar-refractivity contribution in [1.82, 2.24) is 15.3 Å². The van der Waals surface area contributed by atoms with Crippen molar-refractivity contribution in [2.24, 2.45) is 0 Å². The molecule has 0 fully saturated rings. The number of hydrogen-bond donors (Lipinski definition) is 1. The third-order valence-corrected chi connectivity index (χ3v) is 1.93. The minimum atomic E-state index is 0.880. The van der Waals surface area contributed by atoms with Gasteiger partial charge in [-0.05, 0) is 6.92 Å². The fourth-order valence-corrected chi connectivity index (χ4v) is 1.34. The van der Waals surface area contributed by atoms with Crippen molar-refractivity contribution >= 4 is 0 Å². The smallest absolute Gasteiger partial charge is 0.125 e. The molecule has 0 bridgehead atoms. The standard InChI is InChI=1S/C8H11N3.2C2H6/c1-6-10-5-7-4-9-3-2-8(7)11-6;2*1-2/h5,9H,2-4H2,1H3;2*1-2H3. The minimum absolute atomic E-state index is 0.880. The maximum absolute atomic E-state index is 4.36. The average Bonchev–Trinajstić information content (AvgIpc) is 2.34. The molecular weight excluding hydrogens is 186 g/mol. The van der Waals surface area contributed by atoms with Crippen LogP contribution in [0.15, 0.2) is 6.20 Å². The van der Waals surface area contributed by atoms with Gasteiger partial charge in [0, 0.05) is 37.0 Å². The van der Waals surface area contributed by atoms with E-state index in [4.69, 9.17) is 0 Å². The van der Waals surface area contributed by atoms with E-state index < -0.39 is 0 Å². The first-order valence-corrected chi connectivity index (χ1v) is 5.88. The van der Waals surface area contributed by atoms with E-state index in [1.54, 1.807) is 0 Å². The van der Waals surface area contributed by atoms with Crippen LogP contribution < -0.4 is 5.32 Å². The Balaban J connectivity index is 0.000000442. The van der Waals surface area contributed by atoms with Crippen LogP contribution in [-0.2, 0) is 13.0 Å². The molecule has 0 atom stereocenters. The Morgan fingerprint density at radius 1 is 1.20 bits per heavy atom. The molecule has 2 heterocycles. The summed E-state index contributed by atoms with van der Waals surface area (Å²) < 4.78 is 0. The molecule has 1 aromatic rings. The summed E-state index contributed by atoms with van der Waals surface area (Å²) in [5.41, 5.74) is 2.47. The molecule has 0 amide bonds. The van der Waals surface area contributed by atoms with Gasteiger partial charge in [0.25, 0.3) is 0 Å². The van der Waals surface area contributed by atoms with Gasteiger partial charge in [0.05, 0.1) is 0 Å². The van der Waals surface area contributed by atoms with Crippen molar-refractivity contribution in [3.05, 3.63) is 23.3 Å². The number of aryl methyl sites for hydroxylation is 1. The molecule has 3 nitrogen and oxygen atoms in total. The molecule has 0 unspecified atom stereocenters. The van der Waals surface area contributed by atoms with Gasteiger partial charge in [-0.25, -0.2) is 9.97 Å². The topological polar surface area (TPSA) is 37.8 Å². The molecule has 2 rings (SSSR count). The van der Waals surface area contributed by atoms with Crippen molar-refractivity contribution in [2.75, 3.05) is 6.54 Å². The molecular formula is C12H23N3. The van der Waals surface area contributed by atoms with Crippen LogP contribution in [-0.4, -0.2) is 16.5 Å². The van der Waals surface area contributed by atoms with Crippen molar-refractivity contribution < 1.29 is 0 Å². The number of fused-ring (bicyclic) bond motifs is 1. The van der Waals surface area contributed by atoms with E-state index in [2.05, 4.69) is 15.3 Å². The SMILES string of the molecule is CC.CC.Cc1ncc2c(n1)CCNC2.